The first kappa shape index (κ1) is 10.2. The van der Waals surface area contributed by atoms with Crippen LogP contribution in [0, 0.1) is 0 Å². The molecule has 3 rings (SSSR count). The van der Waals surface area contributed by atoms with Crippen LogP contribution in [0.3, 0.4) is 0 Å². The van der Waals surface area contributed by atoms with E-state index in [2.05, 4.69) is 29.6 Å². The molecule has 1 N–H and O–H groups in total. The van der Waals surface area contributed by atoms with Gasteiger partial charge < -0.3 is 10.1 Å². The van der Waals surface area contributed by atoms with E-state index in [1.165, 1.54) is 16.8 Å². The van der Waals surface area contributed by atoms with Crippen LogP contribution >= 0.6 is 0 Å². The van der Waals surface area contributed by atoms with Crippen molar-refractivity contribution in [1.29, 1.82) is 0 Å². The van der Waals surface area contributed by atoms with E-state index in [1.807, 2.05) is 18.2 Å². The normalized spacial score (nSPS) is 13.0. The maximum absolute atomic E-state index is 5.40. The van der Waals surface area contributed by atoms with Gasteiger partial charge in [0.25, 0.3) is 0 Å². The summed E-state index contributed by atoms with van der Waals surface area (Å²) in [6.45, 7) is 1.05. The van der Waals surface area contributed by atoms with E-state index in [-0.39, 0.29) is 0 Å². The van der Waals surface area contributed by atoms with E-state index in [1.54, 1.807) is 7.11 Å². The molecule has 0 fully saturated rings. The molecule has 86 valence electrons. The van der Waals surface area contributed by atoms with Gasteiger partial charge in [0.1, 0.15) is 5.75 Å². The van der Waals surface area contributed by atoms with Crippen LogP contribution < -0.4 is 10.1 Å². The summed E-state index contributed by atoms with van der Waals surface area (Å²) in [5.41, 5.74) is 5.01. The fourth-order valence-corrected chi connectivity index (χ4v) is 2.34. The minimum atomic E-state index is 0.922. The highest BCUT2D eigenvalue weighted by molar-refractivity contribution is 5.75. The van der Waals surface area contributed by atoms with E-state index in [0.29, 0.717) is 0 Å². The molecular weight excluding hydrogens is 210 g/mol. The van der Waals surface area contributed by atoms with Gasteiger partial charge >= 0.3 is 0 Å². The van der Waals surface area contributed by atoms with E-state index in [9.17, 15) is 0 Å². The zero-order valence-corrected chi connectivity index (χ0v) is 9.86. The summed E-state index contributed by atoms with van der Waals surface area (Å²) < 4.78 is 5.40. The van der Waals surface area contributed by atoms with Gasteiger partial charge in [0.05, 0.1) is 7.11 Å². The van der Waals surface area contributed by atoms with Crippen LogP contribution in [0.25, 0.3) is 11.1 Å². The average molecular weight is 225 g/mol. The van der Waals surface area contributed by atoms with Crippen molar-refractivity contribution < 1.29 is 4.74 Å². The van der Waals surface area contributed by atoms with Gasteiger partial charge in [0.15, 0.2) is 0 Å². The maximum atomic E-state index is 5.40. The zero-order valence-electron chi connectivity index (χ0n) is 9.86. The fraction of sp³-hybridized carbons (Fsp3) is 0.200. The number of rotatable bonds is 2. The van der Waals surface area contributed by atoms with E-state index in [0.717, 1.165) is 24.3 Å². The smallest absolute Gasteiger partial charge is 0.126 e. The van der Waals surface area contributed by atoms with Gasteiger partial charge in [-0.3, -0.25) is 0 Å². The molecule has 0 unspecified atom stereocenters. The molecule has 0 aliphatic carbocycles. The van der Waals surface area contributed by atoms with Gasteiger partial charge in [0.2, 0.25) is 0 Å². The Hall–Kier alpha value is -1.96. The van der Waals surface area contributed by atoms with Gasteiger partial charge in [-0.15, -0.1) is 0 Å². The molecule has 1 heterocycles. The number of hydrogen-bond acceptors (Lipinski definition) is 2. The van der Waals surface area contributed by atoms with Crippen LogP contribution in [0.1, 0.15) is 5.56 Å². The second-order valence-corrected chi connectivity index (χ2v) is 4.25. The molecule has 2 nitrogen and oxygen atoms in total. The Morgan fingerprint density at radius 2 is 2.00 bits per heavy atom. The first-order chi connectivity index (χ1) is 8.38. The summed E-state index contributed by atoms with van der Waals surface area (Å²) >= 11 is 0. The minimum Gasteiger partial charge on any atom is -0.496 e. The lowest BCUT2D eigenvalue weighted by molar-refractivity contribution is 0.416. The minimum absolute atomic E-state index is 0.922. The zero-order chi connectivity index (χ0) is 11.7. The van der Waals surface area contributed by atoms with Crippen molar-refractivity contribution in [2.24, 2.45) is 0 Å². The molecule has 0 amide bonds. The lowest BCUT2D eigenvalue weighted by Gasteiger charge is -2.09. The third-order valence-electron chi connectivity index (χ3n) is 3.24. The summed E-state index contributed by atoms with van der Waals surface area (Å²) in [6.07, 6.45) is 1.13. The number of fused-ring (bicyclic) bond motifs is 1. The van der Waals surface area contributed by atoms with Crippen LogP contribution in [0.2, 0.25) is 0 Å². The summed E-state index contributed by atoms with van der Waals surface area (Å²) in [6, 6.07) is 14.7. The second-order valence-electron chi connectivity index (χ2n) is 4.25. The van der Waals surface area contributed by atoms with Crippen LogP contribution in [0.5, 0.6) is 5.75 Å². The number of benzene rings is 2. The van der Waals surface area contributed by atoms with Crippen LogP contribution in [0.15, 0.2) is 42.5 Å². The predicted octanol–water partition coefficient (Wildman–Crippen LogP) is 3.33. The Balaban J connectivity index is 2.09. The van der Waals surface area contributed by atoms with Crippen molar-refractivity contribution in [1.82, 2.24) is 0 Å². The van der Waals surface area contributed by atoms with Crippen LogP contribution in [0.4, 0.5) is 5.69 Å². The van der Waals surface area contributed by atoms with E-state index < -0.39 is 0 Å². The molecule has 0 saturated carbocycles. The Morgan fingerprint density at radius 3 is 2.88 bits per heavy atom. The molecule has 17 heavy (non-hydrogen) atoms. The monoisotopic (exact) mass is 225 g/mol. The Morgan fingerprint density at radius 1 is 1.12 bits per heavy atom. The van der Waals surface area contributed by atoms with Gasteiger partial charge in [0, 0.05) is 17.8 Å². The number of para-hydroxylation sites is 1. The Labute approximate surface area is 101 Å². The van der Waals surface area contributed by atoms with Gasteiger partial charge in [-0.2, -0.15) is 0 Å². The third-order valence-corrected chi connectivity index (χ3v) is 3.24. The molecular formula is C15H15NO. The number of methoxy groups -OCH3 is 1. The fourth-order valence-electron chi connectivity index (χ4n) is 2.34. The van der Waals surface area contributed by atoms with Gasteiger partial charge in [-0.1, -0.05) is 30.3 Å². The molecule has 1 aliphatic heterocycles. The lowest BCUT2D eigenvalue weighted by Crippen LogP contribution is -1.91. The van der Waals surface area contributed by atoms with E-state index >= 15 is 0 Å². The van der Waals surface area contributed by atoms with Crippen molar-refractivity contribution >= 4 is 5.69 Å². The van der Waals surface area contributed by atoms with Gasteiger partial charge in [-0.05, 0) is 29.7 Å². The average Bonchev–Trinajstić information content (AvgIpc) is 2.85. The third kappa shape index (κ3) is 1.76. The first-order valence-electron chi connectivity index (χ1n) is 5.88. The Bertz CT molecular complexity index is 548. The van der Waals surface area contributed by atoms with Crippen molar-refractivity contribution in [3.63, 3.8) is 0 Å². The standard InChI is InChI=1S/C15H15NO/c1-17-15-5-3-2-4-13(15)12-7-6-11-8-9-16-14(11)10-12/h2-7,10,16H,8-9H2,1H3. The largest absolute Gasteiger partial charge is 0.496 e. The molecule has 2 heteroatoms. The van der Waals surface area contributed by atoms with Crippen molar-refractivity contribution in [3.05, 3.63) is 48.0 Å². The summed E-state index contributed by atoms with van der Waals surface area (Å²) in [5.74, 6) is 0.922. The summed E-state index contributed by atoms with van der Waals surface area (Å²) in [5, 5.41) is 3.41. The quantitative estimate of drug-likeness (QED) is 0.846. The van der Waals surface area contributed by atoms with Crippen LogP contribution in [-0.2, 0) is 6.42 Å². The lowest BCUT2D eigenvalue weighted by atomic mass is 10.0. The maximum Gasteiger partial charge on any atom is 0.126 e. The molecule has 0 aromatic heterocycles. The van der Waals surface area contributed by atoms with Crippen molar-refractivity contribution in [2.75, 3.05) is 19.0 Å². The second kappa shape index (κ2) is 4.13. The van der Waals surface area contributed by atoms with Crippen molar-refractivity contribution in [2.45, 2.75) is 6.42 Å². The molecule has 1 aliphatic rings. The number of nitrogens with one attached hydrogen (secondary N) is 1. The van der Waals surface area contributed by atoms with Gasteiger partial charge in [-0.25, -0.2) is 0 Å². The van der Waals surface area contributed by atoms with Crippen LogP contribution in [-0.4, -0.2) is 13.7 Å². The van der Waals surface area contributed by atoms with E-state index in [4.69, 9.17) is 4.74 Å². The first-order valence-corrected chi connectivity index (χ1v) is 5.88. The predicted molar refractivity (Wildman–Crippen MR) is 70.6 cm³/mol. The highest BCUT2D eigenvalue weighted by atomic mass is 16.5. The molecule has 2 aromatic rings. The molecule has 0 atom stereocenters. The topological polar surface area (TPSA) is 21.3 Å². The molecule has 0 radical (unpaired) electrons. The molecule has 0 saturated heterocycles. The highest BCUT2D eigenvalue weighted by Gasteiger charge is 2.12. The number of anilines is 1. The molecule has 2 aromatic carbocycles. The van der Waals surface area contributed by atoms with Crippen molar-refractivity contribution in [3.8, 4) is 16.9 Å². The highest BCUT2D eigenvalue weighted by Crippen LogP contribution is 2.33. The number of ether oxygens (including phenoxy) is 1. The molecule has 0 bridgehead atoms. The summed E-state index contributed by atoms with van der Waals surface area (Å²) in [4.78, 5) is 0. The molecule has 0 spiro atoms. The summed E-state index contributed by atoms with van der Waals surface area (Å²) in [7, 11) is 1.71. The SMILES string of the molecule is COc1ccccc1-c1ccc2c(c1)NCC2. The number of hydrogen-bond donors (Lipinski definition) is 1. The Kier molecular flexibility index (Phi) is 2.48.